The van der Waals surface area contributed by atoms with Gasteiger partial charge in [-0.2, -0.15) is 0 Å². The minimum absolute atomic E-state index is 0.0969. The van der Waals surface area contributed by atoms with E-state index in [1.54, 1.807) is 62.7 Å². The molecule has 0 saturated carbocycles. The lowest BCUT2D eigenvalue weighted by Crippen LogP contribution is -2.37. The molecule has 0 unspecified atom stereocenters. The van der Waals surface area contributed by atoms with Crippen molar-refractivity contribution in [3.05, 3.63) is 76.1 Å². The van der Waals surface area contributed by atoms with Gasteiger partial charge in [-0.15, -0.1) is 5.92 Å². The standard InChI is InChI=1S/C23H20N2O5/c1-3-4-10-24(14-18-6-5-12-28-18)22(26)21-16(2)9-11-25(23(21)27)17-7-8-19-20(13-17)30-15-29-19/h5-9,11-13H,10,14-15H2,1-2H3. The number of nitrogens with zero attached hydrogens (tertiary/aromatic N) is 2. The highest BCUT2D eigenvalue weighted by Crippen LogP contribution is 2.33. The molecule has 30 heavy (non-hydrogen) atoms. The van der Waals surface area contributed by atoms with Gasteiger partial charge in [0.25, 0.3) is 11.5 Å². The average molecular weight is 404 g/mol. The number of amides is 1. The number of aromatic nitrogens is 1. The number of hydrogen-bond acceptors (Lipinski definition) is 5. The summed E-state index contributed by atoms with van der Waals surface area (Å²) in [7, 11) is 0. The van der Waals surface area contributed by atoms with Crippen molar-refractivity contribution in [2.45, 2.75) is 20.4 Å². The van der Waals surface area contributed by atoms with Crippen LogP contribution in [0.3, 0.4) is 0 Å². The largest absolute Gasteiger partial charge is 0.467 e. The number of furan rings is 1. The lowest BCUT2D eigenvalue weighted by Gasteiger charge is -2.20. The van der Waals surface area contributed by atoms with E-state index in [1.165, 1.54) is 9.47 Å². The number of fused-ring (bicyclic) bond motifs is 1. The minimum Gasteiger partial charge on any atom is -0.467 e. The summed E-state index contributed by atoms with van der Waals surface area (Å²) in [5.74, 6) is 7.09. The smallest absolute Gasteiger partial charge is 0.268 e. The molecule has 1 aliphatic heterocycles. The highest BCUT2D eigenvalue weighted by Gasteiger charge is 2.23. The van der Waals surface area contributed by atoms with Crippen molar-refractivity contribution in [3.63, 3.8) is 0 Å². The van der Waals surface area contributed by atoms with Crippen LogP contribution in [0.5, 0.6) is 11.5 Å². The molecular formula is C23H20N2O5. The lowest BCUT2D eigenvalue weighted by atomic mass is 10.1. The van der Waals surface area contributed by atoms with E-state index in [1.807, 2.05) is 0 Å². The second kappa shape index (κ2) is 8.21. The Bertz CT molecular complexity index is 1200. The number of aryl methyl sites for hydroxylation is 1. The Morgan fingerprint density at radius 1 is 1.20 bits per heavy atom. The topological polar surface area (TPSA) is 73.9 Å². The Morgan fingerprint density at radius 2 is 2.03 bits per heavy atom. The Kier molecular flexibility index (Phi) is 5.31. The fourth-order valence-electron chi connectivity index (χ4n) is 3.25. The summed E-state index contributed by atoms with van der Waals surface area (Å²) < 4.78 is 17.5. The molecular weight excluding hydrogens is 384 g/mol. The van der Waals surface area contributed by atoms with Gasteiger partial charge in [0.05, 0.1) is 25.0 Å². The van der Waals surface area contributed by atoms with Crippen molar-refractivity contribution in [2.75, 3.05) is 13.3 Å². The summed E-state index contributed by atoms with van der Waals surface area (Å²) in [6.45, 7) is 4.00. The number of hydrogen-bond donors (Lipinski definition) is 0. The van der Waals surface area contributed by atoms with Gasteiger partial charge in [0.1, 0.15) is 11.3 Å². The normalized spacial score (nSPS) is 11.7. The summed E-state index contributed by atoms with van der Waals surface area (Å²) >= 11 is 0. The molecule has 7 heteroatoms. The first kappa shape index (κ1) is 19.4. The third kappa shape index (κ3) is 3.67. The fourth-order valence-corrected chi connectivity index (χ4v) is 3.25. The maximum atomic E-state index is 13.3. The third-order valence-electron chi connectivity index (χ3n) is 4.81. The van der Waals surface area contributed by atoms with E-state index < -0.39 is 11.5 Å². The molecule has 3 aromatic rings. The molecule has 1 amide bonds. The van der Waals surface area contributed by atoms with E-state index in [0.29, 0.717) is 28.5 Å². The SMILES string of the molecule is CC#CCN(Cc1ccco1)C(=O)c1c(C)ccn(-c2ccc3c(c2)OCO3)c1=O. The van der Waals surface area contributed by atoms with Gasteiger partial charge >= 0.3 is 0 Å². The van der Waals surface area contributed by atoms with Crippen molar-refractivity contribution >= 4 is 5.91 Å². The Balaban J connectivity index is 1.73. The number of pyridine rings is 1. The van der Waals surface area contributed by atoms with Gasteiger partial charge < -0.3 is 18.8 Å². The van der Waals surface area contributed by atoms with Crippen LogP contribution < -0.4 is 15.0 Å². The monoisotopic (exact) mass is 404 g/mol. The number of ether oxygens (including phenoxy) is 2. The zero-order valence-corrected chi connectivity index (χ0v) is 16.7. The minimum atomic E-state index is -0.409. The van der Waals surface area contributed by atoms with E-state index in [9.17, 15) is 9.59 Å². The summed E-state index contributed by atoms with van der Waals surface area (Å²) in [5.41, 5.74) is 0.868. The first-order valence-electron chi connectivity index (χ1n) is 9.42. The molecule has 0 bridgehead atoms. The van der Waals surface area contributed by atoms with Crippen molar-refractivity contribution in [1.29, 1.82) is 0 Å². The van der Waals surface area contributed by atoms with E-state index in [2.05, 4.69) is 11.8 Å². The molecule has 0 aliphatic carbocycles. The van der Waals surface area contributed by atoms with Gasteiger partial charge in [-0.1, -0.05) is 5.92 Å². The van der Waals surface area contributed by atoms with Crippen LogP contribution in [0.4, 0.5) is 0 Å². The Labute approximate surface area is 173 Å². The van der Waals surface area contributed by atoms with Crippen molar-refractivity contribution in [3.8, 4) is 29.0 Å². The zero-order chi connectivity index (χ0) is 21.1. The molecule has 1 aromatic carbocycles. The second-order valence-electron chi connectivity index (χ2n) is 6.75. The van der Waals surface area contributed by atoms with Crippen LogP contribution in [0.15, 0.2) is 58.1 Å². The summed E-state index contributed by atoms with van der Waals surface area (Å²) in [6.07, 6.45) is 3.19. The van der Waals surface area contributed by atoms with Crippen LogP contribution >= 0.6 is 0 Å². The van der Waals surface area contributed by atoms with Crippen LogP contribution in [-0.4, -0.2) is 28.7 Å². The van der Waals surface area contributed by atoms with E-state index in [4.69, 9.17) is 13.9 Å². The van der Waals surface area contributed by atoms with Gasteiger partial charge in [-0.3, -0.25) is 14.2 Å². The van der Waals surface area contributed by atoms with Crippen molar-refractivity contribution < 1.29 is 18.7 Å². The van der Waals surface area contributed by atoms with Crippen LogP contribution in [-0.2, 0) is 6.54 Å². The van der Waals surface area contributed by atoms with E-state index in [0.717, 1.165) is 0 Å². The molecule has 0 N–H and O–H groups in total. The number of carbonyl (C=O) groups excluding carboxylic acids is 1. The van der Waals surface area contributed by atoms with E-state index >= 15 is 0 Å². The molecule has 4 rings (SSSR count). The molecule has 0 radical (unpaired) electrons. The molecule has 0 spiro atoms. The van der Waals surface area contributed by atoms with Crippen LogP contribution in [0, 0.1) is 18.8 Å². The first-order chi connectivity index (χ1) is 14.6. The fraction of sp³-hybridized carbons (Fsp3) is 0.217. The van der Waals surface area contributed by atoms with Gasteiger partial charge in [-0.05, 0) is 49.7 Å². The van der Waals surface area contributed by atoms with Crippen molar-refractivity contribution in [2.24, 2.45) is 0 Å². The van der Waals surface area contributed by atoms with Crippen LogP contribution in [0.2, 0.25) is 0 Å². The first-order valence-corrected chi connectivity index (χ1v) is 9.42. The van der Waals surface area contributed by atoms with Gasteiger partial charge in [-0.25, -0.2) is 0 Å². The summed E-state index contributed by atoms with van der Waals surface area (Å²) in [5, 5.41) is 0. The molecule has 152 valence electrons. The predicted molar refractivity (Wildman–Crippen MR) is 110 cm³/mol. The summed E-state index contributed by atoms with van der Waals surface area (Å²) in [4.78, 5) is 28.1. The Morgan fingerprint density at radius 3 is 2.80 bits per heavy atom. The molecule has 3 heterocycles. The average Bonchev–Trinajstić information content (AvgIpc) is 3.42. The van der Waals surface area contributed by atoms with Crippen LogP contribution in [0.1, 0.15) is 28.6 Å². The highest BCUT2D eigenvalue weighted by atomic mass is 16.7. The quantitative estimate of drug-likeness (QED) is 0.611. The lowest BCUT2D eigenvalue weighted by molar-refractivity contribution is 0.0752. The second-order valence-corrected chi connectivity index (χ2v) is 6.75. The molecule has 7 nitrogen and oxygen atoms in total. The number of benzene rings is 1. The maximum Gasteiger partial charge on any atom is 0.268 e. The van der Waals surface area contributed by atoms with Gasteiger partial charge in [0.15, 0.2) is 11.5 Å². The number of rotatable bonds is 5. The molecule has 0 atom stereocenters. The summed E-state index contributed by atoms with van der Waals surface area (Å²) in [6, 6.07) is 10.5. The highest BCUT2D eigenvalue weighted by molar-refractivity contribution is 5.95. The molecule has 2 aromatic heterocycles. The van der Waals surface area contributed by atoms with Gasteiger partial charge in [0, 0.05) is 12.3 Å². The predicted octanol–water partition coefficient (Wildman–Crippen LogP) is 3.13. The van der Waals surface area contributed by atoms with Crippen molar-refractivity contribution in [1.82, 2.24) is 9.47 Å². The molecule has 0 fully saturated rings. The van der Waals surface area contributed by atoms with Gasteiger partial charge in [0.2, 0.25) is 6.79 Å². The Hall–Kier alpha value is -3.92. The molecule has 1 aliphatic rings. The number of carbonyl (C=O) groups is 1. The zero-order valence-electron chi connectivity index (χ0n) is 16.7. The third-order valence-corrected chi connectivity index (χ3v) is 4.81. The molecule has 0 saturated heterocycles. The van der Waals surface area contributed by atoms with E-state index in [-0.39, 0.29) is 25.4 Å². The maximum absolute atomic E-state index is 13.3. The van der Waals surface area contributed by atoms with Crippen LogP contribution in [0.25, 0.3) is 5.69 Å².